The zero-order valence-electron chi connectivity index (χ0n) is 11.8. The summed E-state index contributed by atoms with van der Waals surface area (Å²) >= 11 is 0. The molecule has 0 radical (unpaired) electrons. The fourth-order valence-electron chi connectivity index (χ4n) is 2.14. The van der Waals surface area contributed by atoms with Gasteiger partial charge in [-0.05, 0) is 41.8 Å². The molecular formula is C17H21NO2. The zero-order chi connectivity index (χ0) is 14.2. The summed E-state index contributed by atoms with van der Waals surface area (Å²) in [5.41, 5.74) is 3.73. The Hall–Kier alpha value is -1.84. The first kappa shape index (κ1) is 14.6. The monoisotopic (exact) mass is 271 g/mol. The van der Waals surface area contributed by atoms with E-state index in [4.69, 9.17) is 4.74 Å². The summed E-state index contributed by atoms with van der Waals surface area (Å²) in [6.45, 7) is 2.40. The van der Waals surface area contributed by atoms with Crippen LogP contribution in [0.5, 0.6) is 5.75 Å². The van der Waals surface area contributed by atoms with Gasteiger partial charge in [-0.15, -0.1) is 0 Å². The molecule has 0 saturated heterocycles. The lowest BCUT2D eigenvalue weighted by molar-refractivity contribution is 0.184. The van der Waals surface area contributed by atoms with Crippen molar-refractivity contribution in [3.63, 3.8) is 0 Å². The molecule has 0 aromatic heterocycles. The van der Waals surface area contributed by atoms with E-state index >= 15 is 0 Å². The predicted octanol–water partition coefficient (Wildman–Crippen LogP) is 2.87. The summed E-state index contributed by atoms with van der Waals surface area (Å²) < 4.78 is 5.20. The van der Waals surface area contributed by atoms with Crippen molar-refractivity contribution in [3.05, 3.63) is 65.2 Å². The summed E-state index contributed by atoms with van der Waals surface area (Å²) in [5, 5.41) is 12.7. The molecule has 0 fully saturated rings. The van der Waals surface area contributed by atoms with Crippen molar-refractivity contribution in [1.82, 2.24) is 5.32 Å². The van der Waals surface area contributed by atoms with Crippen molar-refractivity contribution >= 4 is 0 Å². The van der Waals surface area contributed by atoms with Gasteiger partial charge in [-0.1, -0.05) is 36.4 Å². The van der Waals surface area contributed by atoms with E-state index in [9.17, 15) is 5.11 Å². The Balaban J connectivity index is 1.79. The second-order valence-corrected chi connectivity index (χ2v) is 4.79. The Bertz CT molecular complexity index is 523. The Labute approximate surface area is 120 Å². The molecule has 0 unspecified atom stereocenters. The van der Waals surface area contributed by atoms with Crippen LogP contribution in [0.3, 0.4) is 0 Å². The highest BCUT2D eigenvalue weighted by atomic mass is 16.5. The molecule has 0 bridgehead atoms. The van der Waals surface area contributed by atoms with Crippen LogP contribution < -0.4 is 5.32 Å². The van der Waals surface area contributed by atoms with Crippen LogP contribution in [0.1, 0.15) is 16.7 Å². The number of phenols is 1. The van der Waals surface area contributed by atoms with E-state index in [1.165, 1.54) is 16.7 Å². The Morgan fingerprint density at radius 1 is 1.00 bits per heavy atom. The van der Waals surface area contributed by atoms with Gasteiger partial charge >= 0.3 is 0 Å². The minimum atomic E-state index is 0.315. The van der Waals surface area contributed by atoms with Crippen molar-refractivity contribution < 1.29 is 9.84 Å². The number of benzene rings is 2. The van der Waals surface area contributed by atoms with E-state index in [1.807, 2.05) is 18.2 Å². The van der Waals surface area contributed by atoms with Gasteiger partial charge in [0.1, 0.15) is 5.75 Å². The molecule has 0 aliphatic rings. The minimum absolute atomic E-state index is 0.315. The molecule has 2 rings (SSSR count). The number of rotatable bonds is 7. The van der Waals surface area contributed by atoms with E-state index in [2.05, 4.69) is 23.5 Å². The van der Waals surface area contributed by atoms with Gasteiger partial charge in [0.05, 0.1) is 6.61 Å². The molecule has 3 nitrogen and oxygen atoms in total. The molecule has 0 atom stereocenters. The van der Waals surface area contributed by atoms with Gasteiger partial charge in [-0.3, -0.25) is 0 Å². The first-order valence-electron chi connectivity index (χ1n) is 6.84. The van der Waals surface area contributed by atoms with Gasteiger partial charge in [0.2, 0.25) is 0 Å². The van der Waals surface area contributed by atoms with E-state index in [0.717, 1.165) is 19.5 Å². The van der Waals surface area contributed by atoms with Crippen molar-refractivity contribution in [2.75, 3.05) is 13.7 Å². The van der Waals surface area contributed by atoms with Crippen LogP contribution in [0.2, 0.25) is 0 Å². The Morgan fingerprint density at radius 3 is 2.40 bits per heavy atom. The molecule has 2 aromatic rings. The number of nitrogens with one attached hydrogen (secondary N) is 1. The fourth-order valence-corrected chi connectivity index (χ4v) is 2.14. The van der Waals surface area contributed by atoms with Gasteiger partial charge in [-0.2, -0.15) is 0 Å². The van der Waals surface area contributed by atoms with Crippen LogP contribution in [0.15, 0.2) is 48.5 Å². The largest absolute Gasteiger partial charge is 0.508 e. The van der Waals surface area contributed by atoms with Crippen molar-refractivity contribution in [2.45, 2.75) is 19.6 Å². The van der Waals surface area contributed by atoms with Crippen LogP contribution in [-0.4, -0.2) is 18.8 Å². The molecule has 0 saturated carbocycles. The number of aromatic hydroxyl groups is 1. The number of ether oxygens (including phenoxy) is 1. The third kappa shape index (κ3) is 4.37. The predicted molar refractivity (Wildman–Crippen MR) is 80.7 cm³/mol. The molecule has 0 aliphatic carbocycles. The maximum absolute atomic E-state index is 9.23. The Morgan fingerprint density at radius 2 is 1.70 bits per heavy atom. The van der Waals surface area contributed by atoms with Crippen LogP contribution >= 0.6 is 0 Å². The molecule has 2 aromatic carbocycles. The molecule has 20 heavy (non-hydrogen) atoms. The highest BCUT2D eigenvalue weighted by Gasteiger charge is 2.01. The van der Waals surface area contributed by atoms with Crippen LogP contribution in [0.25, 0.3) is 0 Å². The quantitative estimate of drug-likeness (QED) is 0.761. The average Bonchev–Trinajstić information content (AvgIpc) is 2.47. The molecule has 0 aliphatic heterocycles. The van der Waals surface area contributed by atoms with Crippen LogP contribution in [0, 0.1) is 0 Å². The van der Waals surface area contributed by atoms with Gasteiger partial charge in [0.25, 0.3) is 0 Å². The average molecular weight is 271 g/mol. The van der Waals surface area contributed by atoms with E-state index < -0.39 is 0 Å². The number of hydrogen-bond acceptors (Lipinski definition) is 3. The van der Waals surface area contributed by atoms with E-state index in [-0.39, 0.29) is 0 Å². The lowest BCUT2D eigenvalue weighted by Crippen LogP contribution is -2.17. The first-order valence-corrected chi connectivity index (χ1v) is 6.84. The van der Waals surface area contributed by atoms with Gasteiger partial charge in [0.15, 0.2) is 0 Å². The van der Waals surface area contributed by atoms with Gasteiger partial charge < -0.3 is 15.2 Å². The molecule has 3 heteroatoms. The smallest absolute Gasteiger partial charge is 0.115 e. The highest BCUT2D eigenvalue weighted by molar-refractivity contribution is 5.27. The fraction of sp³-hybridized carbons (Fsp3) is 0.294. The summed E-state index contributed by atoms with van der Waals surface area (Å²) in [6.07, 6.45) is 0.951. The van der Waals surface area contributed by atoms with Gasteiger partial charge in [-0.25, -0.2) is 0 Å². The van der Waals surface area contributed by atoms with Crippen LogP contribution in [-0.2, 0) is 24.3 Å². The lowest BCUT2D eigenvalue weighted by atomic mass is 10.1. The molecular weight excluding hydrogens is 250 g/mol. The van der Waals surface area contributed by atoms with Crippen molar-refractivity contribution in [1.29, 1.82) is 0 Å². The topological polar surface area (TPSA) is 41.5 Å². The normalized spacial score (nSPS) is 10.7. The molecule has 0 heterocycles. The number of phenolic OH excluding ortho intramolecular Hbond substituents is 1. The van der Waals surface area contributed by atoms with E-state index in [0.29, 0.717) is 12.4 Å². The minimum Gasteiger partial charge on any atom is -0.508 e. The lowest BCUT2D eigenvalue weighted by Gasteiger charge is -2.10. The molecule has 106 valence electrons. The van der Waals surface area contributed by atoms with Crippen molar-refractivity contribution in [3.8, 4) is 5.75 Å². The summed E-state index contributed by atoms with van der Waals surface area (Å²) in [6, 6.07) is 15.7. The second-order valence-electron chi connectivity index (χ2n) is 4.79. The maximum Gasteiger partial charge on any atom is 0.115 e. The number of methoxy groups -OCH3 is 1. The third-order valence-corrected chi connectivity index (χ3v) is 3.26. The van der Waals surface area contributed by atoms with Crippen LogP contribution in [0.4, 0.5) is 0 Å². The van der Waals surface area contributed by atoms with Crippen molar-refractivity contribution in [2.24, 2.45) is 0 Å². The summed E-state index contributed by atoms with van der Waals surface area (Å²) in [5.74, 6) is 0.315. The Kier molecular flexibility index (Phi) is 5.59. The molecule has 2 N–H and O–H groups in total. The maximum atomic E-state index is 9.23. The molecule has 0 spiro atoms. The summed E-state index contributed by atoms with van der Waals surface area (Å²) in [7, 11) is 1.72. The summed E-state index contributed by atoms with van der Waals surface area (Å²) in [4.78, 5) is 0. The SMILES string of the molecule is COCc1ccccc1CNCCc1ccc(O)cc1. The zero-order valence-corrected chi connectivity index (χ0v) is 11.8. The second kappa shape index (κ2) is 7.68. The highest BCUT2D eigenvalue weighted by Crippen LogP contribution is 2.11. The van der Waals surface area contributed by atoms with Gasteiger partial charge in [0, 0.05) is 13.7 Å². The standard InChI is InChI=1S/C17H21NO2/c1-20-13-16-5-3-2-4-15(16)12-18-11-10-14-6-8-17(19)9-7-14/h2-9,18-19H,10-13H2,1H3. The molecule has 0 amide bonds. The third-order valence-electron chi connectivity index (χ3n) is 3.26. The number of hydrogen-bond donors (Lipinski definition) is 2. The van der Waals surface area contributed by atoms with E-state index in [1.54, 1.807) is 19.2 Å². The first-order chi connectivity index (χ1) is 9.79.